The molecule has 3 aromatic rings. The number of nitrogens with zero attached hydrogens (tertiary/aromatic N) is 2. The molecule has 3 rings (SSSR count). The van der Waals surface area contributed by atoms with E-state index < -0.39 is 0 Å². The van der Waals surface area contributed by atoms with Crippen LogP contribution in [-0.2, 0) is 6.54 Å². The maximum Gasteiger partial charge on any atom is 0.224 e. The van der Waals surface area contributed by atoms with Gasteiger partial charge in [0, 0.05) is 23.9 Å². The molecule has 1 aromatic heterocycles. The number of aryl methyl sites for hydroxylation is 1. The molecule has 7 nitrogen and oxygen atoms in total. The fourth-order valence-electron chi connectivity index (χ4n) is 2.78. The first-order valence-electron chi connectivity index (χ1n) is 9.40. The number of rotatable bonds is 10. The molecule has 0 atom stereocenters. The fraction of sp³-hybridized carbons (Fsp3) is 0.273. The summed E-state index contributed by atoms with van der Waals surface area (Å²) >= 11 is 0. The van der Waals surface area contributed by atoms with E-state index >= 15 is 0 Å². The minimum Gasteiger partial charge on any atom is -0.497 e. The first kappa shape index (κ1) is 20.3. The average Bonchev–Trinajstić information content (AvgIpc) is 2.75. The molecule has 0 bridgehead atoms. The summed E-state index contributed by atoms with van der Waals surface area (Å²) in [4.78, 5) is 8.96. The van der Waals surface area contributed by atoms with Crippen molar-refractivity contribution in [2.75, 3.05) is 38.0 Å². The lowest BCUT2D eigenvalue weighted by Crippen LogP contribution is -2.14. The third kappa shape index (κ3) is 6.00. The fourth-order valence-corrected chi connectivity index (χ4v) is 2.78. The summed E-state index contributed by atoms with van der Waals surface area (Å²) in [6.45, 7) is 3.63. The molecule has 2 N–H and O–H groups in total. The van der Waals surface area contributed by atoms with Crippen molar-refractivity contribution in [2.24, 2.45) is 0 Å². The second-order valence-electron chi connectivity index (χ2n) is 6.33. The molecule has 1 heterocycles. The van der Waals surface area contributed by atoms with Gasteiger partial charge in [-0.1, -0.05) is 18.2 Å². The van der Waals surface area contributed by atoms with E-state index in [1.54, 1.807) is 14.2 Å². The third-order valence-electron chi connectivity index (χ3n) is 4.22. The van der Waals surface area contributed by atoms with Gasteiger partial charge in [-0.2, -0.15) is 4.98 Å². The molecule has 0 amide bonds. The Labute approximate surface area is 171 Å². The highest BCUT2D eigenvalue weighted by Gasteiger charge is 2.05. The van der Waals surface area contributed by atoms with Crippen LogP contribution in [0.5, 0.6) is 17.2 Å². The van der Waals surface area contributed by atoms with Gasteiger partial charge in [0.05, 0.1) is 20.8 Å². The van der Waals surface area contributed by atoms with Gasteiger partial charge in [0.25, 0.3) is 0 Å². The molecule has 0 aliphatic rings. The smallest absolute Gasteiger partial charge is 0.224 e. The van der Waals surface area contributed by atoms with E-state index in [9.17, 15) is 0 Å². The maximum atomic E-state index is 5.72. The topological polar surface area (TPSA) is 77.5 Å². The van der Waals surface area contributed by atoms with Gasteiger partial charge < -0.3 is 24.8 Å². The van der Waals surface area contributed by atoms with Crippen LogP contribution in [0.4, 0.5) is 11.8 Å². The van der Waals surface area contributed by atoms with Crippen LogP contribution in [0.25, 0.3) is 0 Å². The standard InChI is InChI=1S/C22H26N4O3/c1-16-14-21(24-15-17-6-4-5-7-20(17)28-3)26-22(25-16)23-12-13-29-19-10-8-18(27-2)9-11-19/h4-11,14H,12-13,15H2,1-3H3,(H2,23,24,25,26). The number of benzene rings is 2. The van der Waals surface area contributed by atoms with Gasteiger partial charge in [-0.15, -0.1) is 0 Å². The molecule has 0 fully saturated rings. The summed E-state index contributed by atoms with van der Waals surface area (Å²) in [6, 6.07) is 17.3. The van der Waals surface area contributed by atoms with E-state index in [1.807, 2.05) is 61.5 Å². The number of ether oxygens (including phenoxy) is 3. The van der Waals surface area contributed by atoms with Crippen molar-refractivity contribution in [1.82, 2.24) is 9.97 Å². The molecular weight excluding hydrogens is 368 g/mol. The molecule has 2 aromatic carbocycles. The van der Waals surface area contributed by atoms with Crippen LogP contribution in [0.3, 0.4) is 0 Å². The van der Waals surface area contributed by atoms with Crippen molar-refractivity contribution < 1.29 is 14.2 Å². The summed E-state index contributed by atoms with van der Waals surface area (Å²) in [5.41, 5.74) is 1.94. The second kappa shape index (κ2) is 10.2. The molecule has 0 aliphatic heterocycles. The summed E-state index contributed by atoms with van der Waals surface area (Å²) in [5, 5.41) is 6.53. The van der Waals surface area contributed by atoms with Crippen LogP contribution in [-0.4, -0.2) is 37.3 Å². The van der Waals surface area contributed by atoms with Gasteiger partial charge in [0.15, 0.2) is 0 Å². The zero-order valence-electron chi connectivity index (χ0n) is 16.9. The second-order valence-corrected chi connectivity index (χ2v) is 6.33. The Bertz CT molecular complexity index is 916. The van der Waals surface area contributed by atoms with Crippen molar-refractivity contribution in [3.63, 3.8) is 0 Å². The zero-order valence-corrected chi connectivity index (χ0v) is 16.9. The van der Waals surface area contributed by atoms with E-state index in [2.05, 4.69) is 20.6 Å². The van der Waals surface area contributed by atoms with Crippen molar-refractivity contribution >= 4 is 11.8 Å². The number of hydrogen-bond acceptors (Lipinski definition) is 7. The Hall–Kier alpha value is -3.48. The number of methoxy groups -OCH3 is 2. The predicted molar refractivity (Wildman–Crippen MR) is 114 cm³/mol. The monoisotopic (exact) mass is 394 g/mol. The van der Waals surface area contributed by atoms with Crippen LogP contribution >= 0.6 is 0 Å². The van der Waals surface area contributed by atoms with Gasteiger partial charge in [0.2, 0.25) is 5.95 Å². The van der Waals surface area contributed by atoms with Crippen LogP contribution in [0.2, 0.25) is 0 Å². The van der Waals surface area contributed by atoms with Crippen LogP contribution in [0, 0.1) is 6.92 Å². The van der Waals surface area contributed by atoms with Gasteiger partial charge >= 0.3 is 0 Å². The molecule has 0 radical (unpaired) electrons. The Morgan fingerprint density at radius 1 is 0.862 bits per heavy atom. The molecular formula is C22H26N4O3. The molecule has 0 spiro atoms. The number of aromatic nitrogens is 2. The van der Waals surface area contributed by atoms with E-state index in [0.29, 0.717) is 25.6 Å². The van der Waals surface area contributed by atoms with E-state index in [4.69, 9.17) is 14.2 Å². The Balaban J connectivity index is 1.51. The molecule has 0 aliphatic carbocycles. The first-order valence-corrected chi connectivity index (χ1v) is 9.40. The highest BCUT2D eigenvalue weighted by atomic mass is 16.5. The first-order chi connectivity index (χ1) is 14.2. The van der Waals surface area contributed by atoms with Crippen LogP contribution in [0.1, 0.15) is 11.3 Å². The molecule has 29 heavy (non-hydrogen) atoms. The number of para-hydroxylation sites is 1. The lowest BCUT2D eigenvalue weighted by Gasteiger charge is -2.12. The van der Waals surface area contributed by atoms with Gasteiger partial charge in [0.1, 0.15) is 29.7 Å². The van der Waals surface area contributed by atoms with Crippen molar-refractivity contribution in [1.29, 1.82) is 0 Å². The number of nitrogens with one attached hydrogen (secondary N) is 2. The molecule has 7 heteroatoms. The molecule has 152 valence electrons. The number of hydrogen-bond donors (Lipinski definition) is 2. The summed E-state index contributed by atoms with van der Waals surface area (Å²) in [7, 11) is 3.31. The largest absolute Gasteiger partial charge is 0.497 e. The van der Waals surface area contributed by atoms with Crippen molar-refractivity contribution in [2.45, 2.75) is 13.5 Å². The molecule has 0 saturated heterocycles. The average molecular weight is 394 g/mol. The van der Waals surface area contributed by atoms with Gasteiger partial charge in [-0.05, 0) is 37.3 Å². The lowest BCUT2D eigenvalue weighted by atomic mass is 10.2. The SMILES string of the molecule is COc1ccc(OCCNc2nc(C)cc(NCc3ccccc3OC)n2)cc1. The highest BCUT2D eigenvalue weighted by molar-refractivity contribution is 5.44. The van der Waals surface area contributed by atoms with Crippen LogP contribution in [0.15, 0.2) is 54.6 Å². The van der Waals surface area contributed by atoms with E-state index in [1.165, 1.54) is 0 Å². The lowest BCUT2D eigenvalue weighted by molar-refractivity contribution is 0.331. The Morgan fingerprint density at radius 2 is 1.62 bits per heavy atom. The highest BCUT2D eigenvalue weighted by Crippen LogP contribution is 2.19. The van der Waals surface area contributed by atoms with E-state index in [0.717, 1.165) is 34.3 Å². The summed E-state index contributed by atoms with van der Waals surface area (Å²) in [5.74, 6) is 3.75. The van der Waals surface area contributed by atoms with Gasteiger partial charge in [-0.3, -0.25) is 0 Å². The number of anilines is 2. The minimum absolute atomic E-state index is 0.494. The van der Waals surface area contributed by atoms with Crippen LogP contribution < -0.4 is 24.8 Å². The molecule has 0 unspecified atom stereocenters. The predicted octanol–water partition coefficient (Wildman–Crippen LogP) is 3.91. The maximum absolute atomic E-state index is 5.72. The minimum atomic E-state index is 0.494. The zero-order chi connectivity index (χ0) is 20.5. The Morgan fingerprint density at radius 3 is 2.38 bits per heavy atom. The quantitative estimate of drug-likeness (QED) is 0.505. The third-order valence-corrected chi connectivity index (χ3v) is 4.22. The van der Waals surface area contributed by atoms with Gasteiger partial charge in [-0.25, -0.2) is 4.98 Å². The summed E-state index contributed by atoms with van der Waals surface area (Å²) in [6.07, 6.45) is 0. The van der Waals surface area contributed by atoms with E-state index in [-0.39, 0.29) is 0 Å². The van der Waals surface area contributed by atoms with Crippen molar-refractivity contribution in [3.05, 3.63) is 65.9 Å². The molecule has 0 saturated carbocycles. The summed E-state index contributed by atoms with van der Waals surface area (Å²) < 4.78 is 16.2. The normalized spacial score (nSPS) is 10.3. The van der Waals surface area contributed by atoms with Crippen molar-refractivity contribution in [3.8, 4) is 17.2 Å². The Kier molecular flexibility index (Phi) is 7.10.